The molecule has 0 heterocycles. The van der Waals surface area contributed by atoms with E-state index in [2.05, 4.69) is 13.8 Å². The van der Waals surface area contributed by atoms with Crippen molar-refractivity contribution in [3.8, 4) is 0 Å². The highest BCUT2D eigenvalue weighted by Crippen LogP contribution is 2.43. The first-order valence-corrected chi connectivity index (χ1v) is 5.98. The van der Waals surface area contributed by atoms with Crippen LogP contribution in [0, 0.1) is 5.41 Å². The van der Waals surface area contributed by atoms with Crippen LogP contribution in [0.2, 0.25) is 0 Å². The van der Waals surface area contributed by atoms with Crippen molar-refractivity contribution in [1.29, 1.82) is 0 Å². The van der Waals surface area contributed by atoms with Crippen LogP contribution in [-0.2, 0) is 0 Å². The Balaban J connectivity index is 2.47. The van der Waals surface area contributed by atoms with Gasteiger partial charge in [0.1, 0.15) is 0 Å². The minimum Gasteiger partial charge on any atom is -0.328 e. The average molecular weight is 183 g/mol. The van der Waals surface area contributed by atoms with Crippen LogP contribution in [0.1, 0.15) is 65.2 Å². The lowest BCUT2D eigenvalue weighted by molar-refractivity contribution is 0.143. The van der Waals surface area contributed by atoms with Crippen molar-refractivity contribution >= 4 is 0 Å². The summed E-state index contributed by atoms with van der Waals surface area (Å²) in [5, 5.41) is 0. The van der Waals surface area contributed by atoms with Gasteiger partial charge in [0.05, 0.1) is 0 Å². The van der Waals surface area contributed by atoms with Crippen LogP contribution in [0.3, 0.4) is 0 Å². The normalized spacial score (nSPS) is 23.3. The molecule has 0 spiro atoms. The van der Waals surface area contributed by atoms with Gasteiger partial charge in [-0.25, -0.2) is 0 Å². The molecule has 1 aliphatic rings. The van der Waals surface area contributed by atoms with E-state index in [1.165, 1.54) is 51.4 Å². The summed E-state index contributed by atoms with van der Waals surface area (Å²) in [7, 11) is 0. The van der Waals surface area contributed by atoms with Gasteiger partial charge < -0.3 is 5.73 Å². The Morgan fingerprint density at radius 2 is 1.54 bits per heavy atom. The van der Waals surface area contributed by atoms with Crippen LogP contribution in [0.5, 0.6) is 0 Å². The molecule has 2 N–H and O–H groups in total. The zero-order valence-corrected chi connectivity index (χ0v) is 9.31. The Morgan fingerprint density at radius 3 is 1.92 bits per heavy atom. The summed E-state index contributed by atoms with van der Waals surface area (Å²) < 4.78 is 0. The van der Waals surface area contributed by atoms with Gasteiger partial charge in [0, 0.05) is 6.04 Å². The van der Waals surface area contributed by atoms with E-state index in [0.717, 1.165) is 0 Å². The number of nitrogens with two attached hydrogens (primary N) is 1. The second kappa shape index (κ2) is 4.99. The van der Waals surface area contributed by atoms with E-state index in [0.29, 0.717) is 11.5 Å². The SMILES string of the molecule is CCCC1(CCC)CCC(N)CC1. The molecular formula is C12H25N. The third-order valence-corrected chi connectivity index (χ3v) is 3.65. The zero-order chi connectivity index (χ0) is 9.73. The summed E-state index contributed by atoms with van der Waals surface area (Å²) in [6.45, 7) is 4.62. The molecule has 1 rings (SSSR count). The lowest BCUT2D eigenvalue weighted by Gasteiger charge is -2.39. The fraction of sp³-hybridized carbons (Fsp3) is 1.00. The molecule has 0 aromatic carbocycles. The Bertz CT molecular complexity index is 126. The molecule has 0 radical (unpaired) electrons. The van der Waals surface area contributed by atoms with E-state index < -0.39 is 0 Å². The first-order chi connectivity index (χ1) is 6.22. The molecule has 0 aliphatic heterocycles. The summed E-state index contributed by atoms with van der Waals surface area (Å²) >= 11 is 0. The van der Waals surface area contributed by atoms with Crippen molar-refractivity contribution in [2.75, 3.05) is 0 Å². The van der Waals surface area contributed by atoms with E-state index >= 15 is 0 Å². The lowest BCUT2D eigenvalue weighted by atomic mass is 9.67. The van der Waals surface area contributed by atoms with Crippen LogP contribution in [0.4, 0.5) is 0 Å². The van der Waals surface area contributed by atoms with Gasteiger partial charge in [0.25, 0.3) is 0 Å². The van der Waals surface area contributed by atoms with Crippen molar-refractivity contribution in [1.82, 2.24) is 0 Å². The molecule has 13 heavy (non-hydrogen) atoms. The van der Waals surface area contributed by atoms with E-state index in [4.69, 9.17) is 5.73 Å². The second-order valence-electron chi connectivity index (χ2n) is 4.84. The molecular weight excluding hydrogens is 158 g/mol. The third kappa shape index (κ3) is 2.98. The minimum atomic E-state index is 0.502. The average Bonchev–Trinajstić information content (AvgIpc) is 2.11. The van der Waals surface area contributed by atoms with Crippen molar-refractivity contribution in [3.63, 3.8) is 0 Å². The molecule has 1 fully saturated rings. The van der Waals surface area contributed by atoms with Gasteiger partial charge in [-0.2, -0.15) is 0 Å². The van der Waals surface area contributed by atoms with Gasteiger partial charge in [-0.3, -0.25) is 0 Å². The van der Waals surface area contributed by atoms with Crippen molar-refractivity contribution in [2.24, 2.45) is 11.1 Å². The molecule has 78 valence electrons. The monoisotopic (exact) mass is 183 g/mol. The van der Waals surface area contributed by atoms with Gasteiger partial charge in [0.15, 0.2) is 0 Å². The first-order valence-electron chi connectivity index (χ1n) is 5.98. The van der Waals surface area contributed by atoms with E-state index in [1.54, 1.807) is 0 Å². The molecule has 1 saturated carbocycles. The van der Waals surface area contributed by atoms with Crippen LogP contribution in [0.25, 0.3) is 0 Å². The quantitative estimate of drug-likeness (QED) is 0.709. The minimum absolute atomic E-state index is 0.502. The molecule has 1 aliphatic carbocycles. The number of hydrogen-bond donors (Lipinski definition) is 1. The highest BCUT2D eigenvalue weighted by molar-refractivity contribution is 4.86. The summed E-state index contributed by atoms with van der Waals surface area (Å²) in [5.41, 5.74) is 6.63. The second-order valence-corrected chi connectivity index (χ2v) is 4.84. The first kappa shape index (κ1) is 11.0. The predicted octanol–water partition coefficient (Wildman–Crippen LogP) is 3.47. The molecule has 0 amide bonds. The molecule has 1 nitrogen and oxygen atoms in total. The van der Waals surface area contributed by atoms with Crippen LogP contribution >= 0.6 is 0 Å². The third-order valence-electron chi connectivity index (χ3n) is 3.65. The highest BCUT2D eigenvalue weighted by Gasteiger charge is 2.32. The van der Waals surface area contributed by atoms with Crippen LogP contribution < -0.4 is 5.73 Å². The Hall–Kier alpha value is -0.0400. The lowest BCUT2D eigenvalue weighted by Crippen LogP contribution is -2.33. The number of hydrogen-bond acceptors (Lipinski definition) is 1. The Labute approximate surface area is 83.1 Å². The Kier molecular flexibility index (Phi) is 4.24. The van der Waals surface area contributed by atoms with Gasteiger partial charge in [-0.1, -0.05) is 26.7 Å². The topological polar surface area (TPSA) is 26.0 Å². The van der Waals surface area contributed by atoms with Gasteiger partial charge in [0.2, 0.25) is 0 Å². The standard InChI is InChI=1S/C12H25N/c1-3-7-12(8-4-2)9-5-11(13)6-10-12/h11H,3-10,13H2,1-2H3. The molecule has 0 bridgehead atoms. The van der Waals surface area contributed by atoms with Crippen LogP contribution in [-0.4, -0.2) is 6.04 Å². The number of rotatable bonds is 4. The summed E-state index contributed by atoms with van der Waals surface area (Å²) in [4.78, 5) is 0. The Morgan fingerprint density at radius 1 is 1.08 bits per heavy atom. The van der Waals surface area contributed by atoms with Crippen LogP contribution in [0.15, 0.2) is 0 Å². The molecule has 0 aromatic heterocycles. The summed E-state index contributed by atoms with van der Waals surface area (Å²) in [5.74, 6) is 0. The van der Waals surface area contributed by atoms with Gasteiger partial charge in [-0.05, 0) is 43.9 Å². The maximum Gasteiger partial charge on any atom is 0.00392 e. The maximum absolute atomic E-state index is 5.95. The smallest absolute Gasteiger partial charge is 0.00392 e. The molecule has 0 unspecified atom stereocenters. The fourth-order valence-corrected chi connectivity index (χ4v) is 2.94. The zero-order valence-electron chi connectivity index (χ0n) is 9.31. The molecule has 0 atom stereocenters. The van der Waals surface area contributed by atoms with Crippen molar-refractivity contribution in [2.45, 2.75) is 71.3 Å². The predicted molar refractivity (Wildman–Crippen MR) is 58.7 cm³/mol. The van der Waals surface area contributed by atoms with Gasteiger partial charge >= 0.3 is 0 Å². The largest absolute Gasteiger partial charge is 0.328 e. The van der Waals surface area contributed by atoms with E-state index in [1.807, 2.05) is 0 Å². The van der Waals surface area contributed by atoms with E-state index in [-0.39, 0.29) is 0 Å². The van der Waals surface area contributed by atoms with E-state index in [9.17, 15) is 0 Å². The van der Waals surface area contributed by atoms with Crippen molar-refractivity contribution in [3.05, 3.63) is 0 Å². The summed E-state index contributed by atoms with van der Waals surface area (Å²) in [6.07, 6.45) is 10.8. The highest BCUT2D eigenvalue weighted by atomic mass is 14.6. The maximum atomic E-state index is 5.95. The van der Waals surface area contributed by atoms with Crippen molar-refractivity contribution < 1.29 is 0 Å². The fourth-order valence-electron chi connectivity index (χ4n) is 2.94. The molecule has 1 heteroatoms. The summed E-state index contributed by atoms with van der Waals surface area (Å²) in [6, 6.07) is 0.502. The molecule has 0 aromatic rings. The molecule has 0 saturated heterocycles. The van der Waals surface area contributed by atoms with Gasteiger partial charge in [-0.15, -0.1) is 0 Å².